The Bertz CT molecular complexity index is 419. The molecule has 0 atom stereocenters. The van der Waals surface area contributed by atoms with E-state index in [0.29, 0.717) is 5.75 Å². The van der Waals surface area contributed by atoms with Gasteiger partial charge in [-0.1, -0.05) is 36.4 Å². The van der Waals surface area contributed by atoms with Crippen molar-refractivity contribution in [2.75, 3.05) is 0 Å². The molecule has 2 aromatic rings. The summed E-state index contributed by atoms with van der Waals surface area (Å²) in [7, 11) is 0. The van der Waals surface area contributed by atoms with Gasteiger partial charge in [-0.3, -0.25) is 0 Å². The number of phenols is 1. The average Bonchev–Trinajstić information content (AvgIpc) is 2.18. The molecular weight excluding hydrogens is 236 g/mol. The molecule has 0 fully saturated rings. The Hall–Kier alpha value is -0.826. The molecule has 2 rings (SSSR count). The maximum Gasteiger partial charge on any atom is 0.123 e. The van der Waals surface area contributed by atoms with Crippen LogP contribution in [0.1, 0.15) is 13.8 Å². The first-order valence-electron chi connectivity index (χ1n) is 4.96. The summed E-state index contributed by atoms with van der Waals surface area (Å²) in [5.74, 6) is 0.350. The van der Waals surface area contributed by atoms with Gasteiger partial charge < -0.3 is 10.2 Å². The molecule has 0 saturated heterocycles. The maximum atomic E-state index is 9.37. The van der Waals surface area contributed by atoms with Gasteiger partial charge in [-0.15, -0.1) is 0 Å². The van der Waals surface area contributed by atoms with E-state index in [2.05, 4.69) is 0 Å². The fourth-order valence-corrected chi connectivity index (χ4v) is 1.21. The molecule has 0 aliphatic heterocycles. The van der Waals surface area contributed by atoms with Gasteiger partial charge in [0.05, 0.1) is 0 Å². The molecule has 0 unspecified atom stereocenters. The first-order chi connectivity index (χ1) is 7.11. The van der Waals surface area contributed by atoms with E-state index in [0.717, 1.165) is 10.8 Å². The fourth-order valence-electron chi connectivity index (χ4n) is 1.21. The van der Waals surface area contributed by atoms with Crippen LogP contribution in [0.5, 0.6) is 5.75 Å². The van der Waals surface area contributed by atoms with E-state index in [-0.39, 0.29) is 27.8 Å². The van der Waals surface area contributed by atoms with Crippen molar-refractivity contribution < 1.29 is 31.9 Å². The van der Waals surface area contributed by atoms with Gasteiger partial charge in [0.1, 0.15) is 5.75 Å². The molecule has 2 nitrogen and oxygen atoms in total. The SMILES string of the molecule is CC(C)O.Oc1cccc2ccccc12.[Ti]. The molecule has 0 spiro atoms. The van der Waals surface area contributed by atoms with Gasteiger partial charge >= 0.3 is 0 Å². The third-order valence-corrected chi connectivity index (χ3v) is 1.77. The van der Waals surface area contributed by atoms with Crippen LogP contribution in [0.15, 0.2) is 42.5 Å². The standard InChI is InChI=1S/C10H8O.C3H8O.Ti/c11-10-7-3-5-8-4-1-2-6-9(8)10;1-3(2)4;/h1-7,11H;3-4H,1-2H3;. The number of phenolic OH excluding ortho intramolecular Hbond substituents is 1. The van der Waals surface area contributed by atoms with Gasteiger partial charge in [-0.2, -0.15) is 0 Å². The molecule has 16 heavy (non-hydrogen) atoms. The summed E-state index contributed by atoms with van der Waals surface area (Å²) < 4.78 is 0. The number of rotatable bonds is 0. The van der Waals surface area contributed by atoms with Crippen LogP contribution in [-0.4, -0.2) is 16.3 Å². The number of benzene rings is 2. The van der Waals surface area contributed by atoms with E-state index < -0.39 is 0 Å². The maximum absolute atomic E-state index is 9.37. The van der Waals surface area contributed by atoms with Gasteiger partial charge in [0, 0.05) is 33.2 Å². The molecule has 3 heteroatoms. The van der Waals surface area contributed by atoms with E-state index in [1.165, 1.54) is 0 Å². The average molecular weight is 252 g/mol. The third-order valence-electron chi connectivity index (χ3n) is 1.77. The van der Waals surface area contributed by atoms with Crippen molar-refractivity contribution in [3.05, 3.63) is 42.5 Å². The van der Waals surface area contributed by atoms with Gasteiger partial charge in [-0.05, 0) is 25.3 Å². The van der Waals surface area contributed by atoms with Crippen molar-refractivity contribution in [1.82, 2.24) is 0 Å². The molecule has 0 saturated carbocycles. The topological polar surface area (TPSA) is 40.5 Å². The molecule has 84 valence electrons. The van der Waals surface area contributed by atoms with Gasteiger partial charge in [0.25, 0.3) is 0 Å². The molecule has 0 aliphatic carbocycles. The second kappa shape index (κ2) is 7.45. The minimum atomic E-state index is -0.167. The van der Waals surface area contributed by atoms with E-state index in [1.807, 2.05) is 36.4 Å². The van der Waals surface area contributed by atoms with E-state index in [1.54, 1.807) is 19.9 Å². The Labute approximate surface area is 111 Å². The Balaban J connectivity index is 0.000000397. The van der Waals surface area contributed by atoms with Gasteiger partial charge in [0.15, 0.2) is 0 Å². The van der Waals surface area contributed by atoms with Crippen LogP contribution in [-0.2, 0) is 21.7 Å². The van der Waals surface area contributed by atoms with Crippen LogP contribution in [0.3, 0.4) is 0 Å². The summed E-state index contributed by atoms with van der Waals surface area (Å²) >= 11 is 0. The van der Waals surface area contributed by atoms with Crippen LogP contribution in [0, 0.1) is 0 Å². The third kappa shape index (κ3) is 4.80. The molecular formula is C13H16O2Ti. The quantitative estimate of drug-likeness (QED) is 0.708. The summed E-state index contributed by atoms with van der Waals surface area (Å²) in [4.78, 5) is 0. The van der Waals surface area contributed by atoms with E-state index in [4.69, 9.17) is 5.11 Å². The molecule has 0 bridgehead atoms. The van der Waals surface area contributed by atoms with Crippen LogP contribution in [0.25, 0.3) is 10.8 Å². The van der Waals surface area contributed by atoms with E-state index in [9.17, 15) is 5.11 Å². The van der Waals surface area contributed by atoms with Crippen molar-refractivity contribution in [3.63, 3.8) is 0 Å². The number of fused-ring (bicyclic) bond motifs is 1. The molecule has 0 aliphatic rings. The first kappa shape index (κ1) is 15.2. The van der Waals surface area contributed by atoms with Crippen LogP contribution < -0.4 is 0 Å². The van der Waals surface area contributed by atoms with Crippen LogP contribution >= 0.6 is 0 Å². The first-order valence-corrected chi connectivity index (χ1v) is 4.96. The largest absolute Gasteiger partial charge is 0.507 e. The zero-order valence-corrected chi connectivity index (χ0v) is 11.1. The fraction of sp³-hybridized carbons (Fsp3) is 0.231. The molecule has 0 amide bonds. The van der Waals surface area contributed by atoms with Crippen LogP contribution in [0.4, 0.5) is 0 Å². The molecule has 2 aromatic carbocycles. The summed E-state index contributed by atoms with van der Waals surface area (Å²) in [5.41, 5.74) is 0. The monoisotopic (exact) mass is 252 g/mol. The smallest absolute Gasteiger partial charge is 0.123 e. The Kier molecular flexibility index (Phi) is 7.06. The number of aromatic hydroxyl groups is 1. The zero-order chi connectivity index (χ0) is 11.3. The Morgan fingerprint density at radius 1 is 0.938 bits per heavy atom. The Morgan fingerprint density at radius 2 is 1.44 bits per heavy atom. The Morgan fingerprint density at radius 3 is 2.00 bits per heavy atom. The second-order valence-corrected chi connectivity index (χ2v) is 3.59. The molecule has 0 radical (unpaired) electrons. The molecule has 0 aromatic heterocycles. The van der Waals surface area contributed by atoms with E-state index >= 15 is 0 Å². The number of aliphatic hydroxyl groups excluding tert-OH is 1. The van der Waals surface area contributed by atoms with Gasteiger partial charge in [-0.25, -0.2) is 0 Å². The van der Waals surface area contributed by atoms with Crippen molar-refractivity contribution in [1.29, 1.82) is 0 Å². The molecule has 2 N–H and O–H groups in total. The number of hydrogen-bond donors (Lipinski definition) is 2. The predicted molar refractivity (Wildman–Crippen MR) is 63.0 cm³/mol. The van der Waals surface area contributed by atoms with Crippen molar-refractivity contribution in [2.45, 2.75) is 20.0 Å². The summed E-state index contributed by atoms with van der Waals surface area (Å²) in [5, 5.41) is 19.4. The van der Waals surface area contributed by atoms with Crippen molar-refractivity contribution >= 4 is 10.8 Å². The van der Waals surface area contributed by atoms with Crippen molar-refractivity contribution in [2.24, 2.45) is 0 Å². The summed E-state index contributed by atoms with van der Waals surface area (Å²) in [6, 6.07) is 13.3. The number of aliphatic hydroxyl groups is 1. The predicted octanol–water partition coefficient (Wildman–Crippen LogP) is 2.93. The molecule has 0 heterocycles. The van der Waals surface area contributed by atoms with Gasteiger partial charge in [0.2, 0.25) is 0 Å². The summed E-state index contributed by atoms with van der Waals surface area (Å²) in [6.45, 7) is 3.44. The normalized spacial score (nSPS) is 9.25. The zero-order valence-electron chi connectivity index (χ0n) is 9.51. The summed E-state index contributed by atoms with van der Waals surface area (Å²) in [6.07, 6.45) is -0.167. The van der Waals surface area contributed by atoms with Crippen molar-refractivity contribution in [3.8, 4) is 5.75 Å². The van der Waals surface area contributed by atoms with Crippen LogP contribution in [0.2, 0.25) is 0 Å². The minimum Gasteiger partial charge on any atom is -0.507 e. The minimum absolute atomic E-state index is 0. The second-order valence-electron chi connectivity index (χ2n) is 3.59. The number of hydrogen-bond acceptors (Lipinski definition) is 2.